The summed E-state index contributed by atoms with van der Waals surface area (Å²) in [5.74, 6) is -0.799. The fourth-order valence-electron chi connectivity index (χ4n) is 2.71. The summed E-state index contributed by atoms with van der Waals surface area (Å²) in [5, 5.41) is 5.45. The maximum absolute atomic E-state index is 12.8. The van der Waals surface area contributed by atoms with Crippen molar-refractivity contribution in [3.05, 3.63) is 59.2 Å². The first-order valence-corrected chi connectivity index (χ1v) is 11.3. The van der Waals surface area contributed by atoms with E-state index in [0.29, 0.717) is 11.3 Å². The van der Waals surface area contributed by atoms with Gasteiger partial charge < -0.3 is 10.6 Å². The van der Waals surface area contributed by atoms with E-state index in [2.05, 4.69) is 15.4 Å². The standard InChI is InChI=1S/C22H29N3O4S/c1-6-16(4)23-21(26)17(5)24-22(27)19-13-18(12-11-14(19)2)30(28,29)25-20-10-8-7-9-15(20)3/h7-13,16-17,25H,6H2,1-5H3,(H,23,26)(H,24,27). The summed E-state index contributed by atoms with van der Waals surface area (Å²) < 4.78 is 28.2. The minimum absolute atomic E-state index is 0.000392. The molecule has 2 rings (SSSR count). The Morgan fingerprint density at radius 3 is 2.27 bits per heavy atom. The van der Waals surface area contributed by atoms with Crippen LogP contribution in [0.4, 0.5) is 5.69 Å². The lowest BCUT2D eigenvalue weighted by atomic mass is 10.1. The van der Waals surface area contributed by atoms with Gasteiger partial charge in [0.2, 0.25) is 5.91 Å². The third-order valence-electron chi connectivity index (χ3n) is 4.90. The number of rotatable bonds is 8. The molecule has 7 nitrogen and oxygen atoms in total. The zero-order valence-electron chi connectivity index (χ0n) is 17.9. The van der Waals surface area contributed by atoms with Gasteiger partial charge in [-0.25, -0.2) is 8.42 Å². The van der Waals surface area contributed by atoms with Crippen LogP contribution < -0.4 is 15.4 Å². The van der Waals surface area contributed by atoms with Crippen LogP contribution in [0.3, 0.4) is 0 Å². The quantitative estimate of drug-likeness (QED) is 0.597. The van der Waals surface area contributed by atoms with E-state index in [0.717, 1.165) is 12.0 Å². The molecule has 0 radical (unpaired) electrons. The zero-order chi connectivity index (χ0) is 22.5. The van der Waals surface area contributed by atoms with Crippen molar-refractivity contribution in [2.45, 2.75) is 58.0 Å². The van der Waals surface area contributed by atoms with Crippen LogP contribution in [-0.4, -0.2) is 32.3 Å². The van der Waals surface area contributed by atoms with Crippen LogP contribution in [0.25, 0.3) is 0 Å². The molecule has 2 aromatic rings. The highest BCUT2D eigenvalue weighted by Crippen LogP contribution is 2.21. The van der Waals surface area contributed by atoms with E-state index in [1.54, 1.807) is 45.0 Å². The number of nitrogens with one attached hydrogen (secondary N) is 3. The zero-order valence-corrected chi connectivity index (χ0v) is 18.8. The average Bonchev–Trinajstić information content (AvgIpc) is 2.69. The molecule has 0 heterocycles. The van der Waals surface area contributed by atoms with Gasteiger partial charge in [0, 0.05) is 11.6 Å². The molecule has 162 valence electrons. The van der Waals surface area contributed by atoms with Gasteiger partial charge in [0.25, 0.3) is 15.9 Å². The van der Waals surface area contributed by atoms with E-state index >= 15 is 0 Å². The number of sulfonamides is 1. The number of para-hydroxylation sites is 1. The maximum Gasteiger partial charge on any atom is 0.261 e. The Balaban J connectivity index is 2.22. The van der Waals surface area contributed by atoms with Gasteiger partial charge in [0.1, 0.15) is 6.04 Å². The molecular weight excluding hydrogens is 402 g/mol. The smallest absolute Gasteiger partial charge is 0.261 e. The molecule has 2 atom stereocenters. The summed E-state index contributed by atoms with van der Waals surface area (Å²) in [6.07, 6.45) is 0.777. The van der Waals surface area contributed by atoms with Crippen LogP contribution in [-0.2, 0) is 14.8 Å². The molecule has 8 heteroatoms. The fraction of sp³-hybridized carbons (Fsp3) is 0.364. The Labute approximate surface area is 178 Å². The Morgan fingerprint density at radius 1 is 0.967 bits per heavy atom. The summed E-state index contributed by atoms with van der Waals surface area (Å²) in [4.78, 5) is 24.9. The second-order valence-electron chi connectivity index (χ2n) is 7.41. The first-order valence-electron chi connectivity index (χ1n) is 9.85. The number of carbonyl (C=O) groups excluding carboxylic acids is 2. The minimum atomic E-state index is -3.88. The molecule has 0 spiro atoms. The van der Waals surface area contributed by atoms with Gasteiger partial charge in [-0.1, -0.05) is 31.2 Å². The Hall–Kier alpha value is -2.87. The summed E-state index contributed by atoms with van der Waals surface area (Å²) >= 11 is 0. The van der Waals surface area contributed by atoms with Crippen molar-refractivity contribution in [1.82, 2.24) is 10.6 Å². The van der Waals surface area contributed by atoms with E-state index in [1.165, 1.54) is 12.1 Å². The second-order valence-corrected chi connectivity index (χ2v) is 9.09. The molecule has 0 aliphatic heterocycles. The molecule has 0 saturated carbocycles. The van der Waals surface area contributed by atoms with E-state index in [4.69, 9.17) is 0 Å². The molecule has 0 saturated heterocycles. The number of benzene rings is 2. The van der Waals surface area contributed by atoms with Crippen molar-refractivity contribution in [1.29, 1.82) is 0 Å². The number of hydrogen-bond donors (Lipinski definition) is 3. The van der Waals surface area contributed by atoms with Crippen LogP contribution in [0.15, 0.2) is 47.4 Å². The van der Waals surface area contributed by atoms with Gasteiger partial charge in [-0.15, -0.1) is 0 Å². The molecule has 30 heavy (non-hydrogen) atoms. The van der Waals surface area contributed by atoms with E-state index in [-0.39, 0.29) is 22.4 Å². The lowest BCUT2D eigenvalue weighted by Crippen LogP contribution is -2.47. The van der Waals surface area contributed by atoms with Gasteiger partial charge in [-0.2, -0.15) is 0 Å². The number of aryl methyl sites for hydroxylation is 2. The Kier molecular flexibility index (Phi) is 7.61. The molecule has 3 N–H and O–H groups in total. The van der Waals surface area contributed by atoms with Crippen LogP contribution in [0.2, 0.25) is 0 Å². The topological polar surface area (TPSA) is 104 Å². The largest absolute Gasteiger partial charge is 0.352 e. The van der Waals surface area contributed by atoms with Gasteiger partial charge in [-0.05, 0) is 63.4 Å². The highest BCUT2D eigenvalue weighted by molar-refractivity contribution is 7.92. The number of amides is 2. The highest BCUT2D eigenvalue weighted by Gasteiger charge is 2.22. The van der Waals surface area contributed by atoms with E-state index in [1.807, 2.05) is 19.9 Å². The molecule has 0 aromatic heterocycles. The van der Waals surface area contributed by atoms with Crippen LogP contribution in [0.5, 0.6) is 0 Å². The van der Waals surface area contributed by atoms with Crippen molar-refractivity contribution >= 4 is 27.5 Å². The summed E-state index contributed by atoms with van der Waals surface area (Å²) in [6, 6.07) is 10.6. The monoisotopic (exact) mass is 431 g/mol. The van der Waals surface area contributed by atoms with Crippen LogP contribution in [0.1, 0.15) is 48.7 Å². The molecule has 2 unspecified atom stereocenters. The van der Waals surface area contributed by atoms with E-state index < -0.39 is 22.0 Å². The maximum atomic E-state index is 12.8. The summed E-state index contributed by atoms with van der Waals surface area (Å²) in [6.45, 7) is 8.94. The predicted molar refractivity (Wildman–Crippen MR) is 118 cm³/mol. The number of anilines is 1. The highest BCUT2D eigenvalue weighted by atomic mass is 32.2. The molecule has 0 aliphatic carbocycles. The van der Waals surface area contributed by atoms with E-state index in [9.17, 15) is 18.0 Å². The van der Waals surface area contributed by atoms with Crippen LogP contribution in [0, 0.1) is 13.8 Å². The first kappa shape index (κ1) is 23.4. The van der Waals surface area contributed by atoms with Gasteiger partial charge >= 0.3 is 0 Å². The average molecular weight is 432 g/mol. The number of carbonyl (C=O) groups is 2. The van der Waals surface area contributed by atoms with Crippen molar-refractivity contribution in [3.8, 4) is 0 Å². The Bertz CT molecular complexity index is 1030. The third kappa shape index (κ3) is 5.82. The van der Waals surface area contributed by atoms with Gasteiger partial charge in [-0.3, -0.25) is 14.3 Å². The third-order valence-corrected chi connectivity index (χ3v) is 6.26. The lowest BCUT2D eigenvalue weighted by Gasteiger charge is -2.18. The van der Waals surface area contributed by atoms with Gasteiger partial charge in [0.15, 0.2) is 0 Å². The van der Waals surface area contributed by atoms with Crippen molar-refractivity contribution in [3.63, 3.8) is 0 Å². The van der Waals surface area contributed by atoms with Crippen LogP contribution >= 0.6 is 0 Å². The molecule has 0 bridgehead atoms. The molecule has 0 fully saturated rings. The first-order chi connectivity index (χ1) is 14.0. The molecular formula is C22H29N3O4S. The van der Waals surface area contributed by atoms with Crippen molar-refractivity contribution < 1.29 is 18.0 Å². The lowest BCUT2D eigenvalue weighted by molar-refractivity contribution is -0.123. The fourth-order valence-corrected chi connectivity index (χ4v) is 3.87. The molecule has 2 aromatic carbocycles. The SMILES string of the molecule is CCC(C)NC(=O)C(C)NC(=O)c1cc(S(=O)(=O)Nc2ccccc2C)ccc1C. The van der Waals surface area contributed by atoms with Gasteiger partial charge in [0.05, 0.1) is 10.6 Å². The van der Waals surface area contributed by atoms with Crippen molar-refractivity contribution in [2.75, 3.05) is 4.72 Å². The second kappa shape index (κ2) is 9.75. The summed E-state index contributed by atoms with van der Waals surface area (Å²) in [7, 11) is -3.88. The molecule has 2 amide bonds. The summed E-state index contributed by atoms with van der Waals surface area (Å²) in [5.41, 5.74) is 2.06. The predicted octanol–water partition coefficient (Wildman–Crippen LogP) is 3.14. The van der Waals surface area contributed by atoms with Crippen molar-refractivity contribution in [2.24, 2.45) is 0 Å². The minimum Gasteiger partial charge on any atom is -0.352 e. The Morgan fingerprint density at radius 2 is 1.63 bits per heavy atom. The number of hydrogen-bond acceptors (Lipinski definition) is 4. The molecule has 0 aliphatic rings. The normalized spacial score (nSPS) is 13.2.